The Morgan fingerprint density at radius 1 is 1.37 bits per heavy atom. The molecule has 0 fully saturated rings. The summed E-state index contributed by atoms with van der Waals surface area (Å²) >= 11 is 5.65. The molecular weight excluding hydrogens is 283 g/mol. The molecule has 0 saturated heterocycles. The van der Waals surface area contributed by atoms with Crippen LogP contribution in [0.25, 0.3) is 0 Å². The van der Waals surface area contributed by atoms with E-state index < -0.39 is 17.7 Å². The number of alkyl halides is 3. The second kappa shape index (κ2) is 6.25. The zero-order valence-corrected chi connectivity index (χ0v) is 10.9. The van der Waals surface area contributed by atoms with Crippen molar-refractivity contribution in [3.8, 4) is 0 Å². The van der Waals surface area contributed by atoms with Crippen LogP contribution in [-0.4, -0.2) is 29.6 Å². The molecule has 0 heterocycles. The lowest BCUT2D eigenvalue weighted by Crippen LogP contribution is -2.21. The molecule has 0 aromatic heterocycles. The molecule has 3 nitrogen and oxygen atoms in total. The highest BCUT2D eigenvalue weighted by Gasteiger charge is 2.31. The third-order valence-corrected chi connectivity index (χ3v) is 2.66. The molecule has 106 valence electrons. The van der Waals surface area contributed by atoms with E-state index in [0.29, 0.717) is 5.56 Å². The Balaban J connectivity index is 2.78. The van der Waals surface area contributed by atoms with Gasteiger partial charge in [0, 0.05) is 18.1 Å². The monoisotopic (exact) mass is 295 g/mol. The van der Waals surface area contributed by atoms with Crippen molar-refractivity contribution in [2.75, 3.05) is 13.6 Å². The first-order valence-electron chi connectivity index (χ1n) is 5.45. The lowest BCUT2D eigenvalue weighted by molar-refractivity contribution is -0.138. The molecule has 19 heavy (non-hydrogen) atoms. The minimum absolute atomic E-state index is 0.0106. The van der Waals surface area contributed by atoms with Crippen molar-refractivity contribution in [1.29, 1.82) is 0 Å². The molecule has 0 saturated carbocycles. The maximum atomic E-state index is 12.6. The van der Waals surface area contributed by atoms with Crippen LogP contribution in [0.3, 0.4) is 0 Å². The number of rotatable bonds is 5. The summed E-state index contributed by atoms with van der Waals surface area (Å²) in [7, 11) is 1.64. The summed E-state index contributed by atoms with van der Waals surface area (Å²) in [5.41, 5.74) is -0.408. The van der Waals surface area contributed by atoms with E-state index in [0.717, 1.165) is 12.1 Å². The Kier molecular flexibility index (Phi) is 5.20. The zero-order chi connectivity index (χ0) is 14.6. The van der Waals surface area contributed by atoms with Crippen molar-refractivity contribution in [3.05, 3.63) is 34.3 Å². The highest BCUT2D eigenvalue weighted by molar-refractivity contribution is 6.30. The quantitative estimate of drug-likeness (QED) is 0.906. The van der Waals surface area contributed by atoms with Gasteiger partial charge in [0.05, 0.1) is 12.0 Å². The van der Waals surface area contributed by atoms with Crippen LogP contribution >= 0.6 is 11.6 Å². The average Bonchev–Trinajstić information content (AvgIpc) is 2.24. The van der Waals surface area contributed by atoms with Gasteiger partial charge in [0.25, 0.3) is 0 Å². The highest BCUT2D eigenvalue weighted by Crippen LogP contribution is 2.32. The maximum absolute atomic E-state index is 12.6. The molecule has 0 aliphatic heterocycles. The second-order valence-electron chi connectivity index (χ2n) is 4.23. The van der Waals surface area contributed by atoms with Crippen LogP contribution in [0.4, 0.5) is 13.2 Å². The smallest absolute Gasteiger partial charge is 0.416 e. The molecule has 0 spiro atoms. The van der Waals surface area contributed by atoms with Gasteiger partial charge in [-0.25, -0.2) is 0 Å². The first-order valence-corrected chi connectivity index (χ1v) is 5.83. The minimum Gasteiger partial charge on any atom is -0.481 e. The van der Waals surface area contributed by atoms with Crippen molar-refractivity contribution >= 4 is 17.6 Å². The first kappa shape index (κ1) is 15.8. The van der Waals surface area contributed by atoms with Crippen LogP contribution in [0.15, 0.2) is 18.2 Å². The Bertz CT molecular complexity index is 463. The molecule has 0 amide bonds. The van der Waals surface area contributed by atoms with E-state index in [1.165, 1.54) is 6.07 Å². The van der Waals surface area contributed by atoms with Gasteiger partial charge < -0.3 is 10.0 Å². The molecule has 0 radical (unpaired) electrons. The molecule has 1 N–H and O–H groups in total. The lowest BCUT2D eigenvalue weighted by Gasteiger charge is -2.17. The fourth-order valence-electron chi connectivity index (χ4n) is 1.58. The fraction of sp³-hybridized carbons (Fsp3) is 0.417. The van der Waals surface area contributed by atoms with Crippen LogP contribution in [0.5, 0.6) is 0 Å². The Morgan fingerprint density at radius 3 is 2.53 bits per heavy atom. The van der Waals surface area contributed by atoms with E-state index in [1.54, 1.807) is 11.9 Å². The largest absolute Gasteiger partial charge is 0.481 e. The molecule has 0 aliphatic carbocycles. The van der Waals surface area contributed by atoms with Crippen LogP contribution in [0, 0.1) is 0 Å². The molecule has 1 aromatic rings. The number of carboxylic acids is 1. The van der Waals surface area contributed by atoms with Crippen LogP contribution in [0.1, 0.15) is 17.5 Å². The van der Waals surface area contributed by atoms with E-state index in [1.807, 2.05) is 0 Å². The Hall–Kier alpha value is -1.27. The molecule has 0 aliphatic rings. The third kappa shape index (κ3) is 5.48. The molecule has 1 rings (SSSR count). The second-order valence-corrected chi connectivity index (χ2v) is 4.66. The number of hydrogen-bond donors (Lipinski definition) is 1. The normalized spacial score (nSPS) is 11.9. The molecule has 0 unspecified atom stereocenters. The Labute approximate surface area is 113 Å². The van der Waals surface area contributed by atoms with Crippen LogP contribution in [0.2, 0.25) is 5.02 Å². The number of hydrogen-bond acceptors (Lipinski definition) is 2. The number of halogens is 4. The van der Waals surface area contributed by atoms with Crippen molar-refractivity contribution in [3.63, 3.8) is 0 Å². The summed E-state index contributed by atoms with van der Waals surface area (Å²) < 4.78 is 37.8. The summed E-state index contributed by atoms with van der Waals surface area (Å²) in [5, 5.41) is 8.54. The molecule has 7 heteroatoms. The topological polar surface area (TPSA) is 40.5 Å². The lowest BCUT2D eigenvalue weighted by atomic mass is 10.1. The standard InChI is InChI=1S/C12H13ClF3NO2/c1-17(3-2-11(18)19)7-8-4-9(12(14,15)16)6-10(13)5-8/h4-6H,2-3,7H2,1H3,(H,18,19). The van der Waals surface area contributed by atoms with E-state index >= 15 is 0 Å². The van der Waals surface area contributed by atoms with E-state index in [2.05, 4.69) is 0 Å². The van der Waals surface area contributed by atoms with Crippen molar-refractivity contribution < 1.29 is 23.1 Å². The Morgan fingerprint density at radius 2 is 2.00 bits per heavy atom. The predicted molar refractivity (Wildman–Crippen MR) is 65.0 cm³/mol. The fourth-order valence-corrected chi connectivity index (χ4v) is 1.84. The van der Waals surface area contributed by atoms with Crippen molar-refractivity contribution in [2.45, 2.75) is 19.1 Å². The van der Waals surface area contributed by atoms with Crippen molar-refractivity contribution in [2.24, 2.45) is 0 Å². The molecule has 0 atom stereocenters. The van der Waals surface area contributed by atoms with Gasteiger partial charge in [0.15, 0.2) is 0 Å². The van der Waals surface area contributed by atoms with Gasteiger partial charge in [-0.15, -0.1) is 0 Å². The minimum atomic E-state index is -4.45. The number of carbonyl (C=O) groups is 1. The maximum Gasteiger partial charge on any atom is 0.416 e. The number of benzene rings is 1. The summed E-state index contributed by atoms with van der Waals surface area (Å²) in [5.74, 6) is -0.950. The average molecular weight is 296 g/mol. The molecule has 0 bridgehead atoms. The van der Waals surface area contributed by atoms with Gasteiger partial charge in [0.1, 0.15) is 0 Å². The van der Waals surface area contributed by atoms with Gasteiger partial charge in [-0.3, -0.25) is 4.79 Å². The predicted octanol–water partition coefficient (Wildman–Crippen LogP) is 3.27. The van der Waals surface area contributed by atoms with Gasteiger partial charge in [-0.2, -0.15) is 13.2 Å². The van der Waals surface area contributed by atoms with Crippen LogP contribution < -0.4 is 0 Å². The van der Waals surface area contributed by atoms with E-state index in [-0.39, 0.29) is 24.5 Å². The number of nitrogens with zero attached hydrogens (tertiary/aromatic N) is 1. The van der Waals surface area contributed by atoms with E-state index in [9.17, 15) is 18.0 Å². The summed E-state index contributed by atoms with van der Waals surface area (Å²) in [6.07, 6.45) is -4.51. The number of carboxylic acid groups (broad SMARTS) is 1. The van der Waals surface area contributed by atoms with Gasteiger partial charge in [-0.1, -0.05) is 11.6 Å². The van der Waals surface area contributed by atoms with Crippen LogP contribution in [-0.2, 0) is 17.5 Å². The van der Waals surface area contributed by atoms with Gasteiger partial charge in [-0.05, 0) is 30.8 Å². The first-order chi connectivity index (χ1) is 8.68. The summed E-state index contributed by atoms with van der Waals surface area (Å²) in [6, 6.07) is 3.32. The third-order valence-electron chi connectivity index (χ3n) is 2.44. The molecular formula is C12H13ClF3NO2. The van der Waals surface area contributed by atoms with Gasteiger partial charge in [0.2, 0.25) is 0 Å². The van der Waals surface area contributed by atoms with Crippen molar-refractivity contribution in [1.82, 2.24) is 4.90 Å². The van der Waals surface area contributed by atoms with E-state index in [4.69, 9.17) is 16.7 Å². The summed E-state index contributed by atoms with van der Waals surface area (Å²) in [6.45, 7) is 0.458. The SMILES string of the molecule is CN(CCC(=O)O)Cc1cc(Cl)cc(C(F)(F)F)c1. The summed E-state index contributed by atoms with van der Waals surface area (Å²) in [4.78, 5) is 12.0. The van der Waals surface area contributed by atoms with Gasteiger partial charge >= 0.3 is 12.1 Å². The highest BCUT2D eigenvalue weighted by atomic mass is 35.5. The molecule has 1 aromatic carbocycles. The number of aliphatic carboxylic acids is 1. The zero-order valence-electron chi connectivity index (χ0n) is 10.2.